The molecule has 79 valence electrons. The van der Waals surface area contributed by atoms with Gasteiger partial charge in [0.1, 0.15) is 20.4 Å². The molecule has 0 spiro atoms. The Hall–Kier alpha value is -1.18. The molecule has 0 saturated heterocycles. The van der Waals surface area contributed by atoms with Gasteiger partial charge in [0.15, 0.2) is 0 Å². The molecule has 1 aliphatic carbocycles. The molecular formula is C9H11O4Re-. The van der Waals surface area contributed by atoms with E-state index in [4.69, 9.17) is 14.4 Å². The first-order valence-electron chi connectivity index (χ1n) is 3.02. The predicted octanol–water partition coefficient (Wildman–Crippen LogP) is 0.318. The van der Waals surface area contributed by atoms with Crippen molar-refractivity contribution in [1.29, 1.82) is 0 Å². The molecule has 0 N–H and O–H groups in total. The Bertz CT molecular complexity index is 173. The fourth-order valence-corrected chi connectivity index (χ4v) is 0.503. The van der Waals surface area contributed by atoms with Crippen LogP contribution in [0.5, 0.6) is 0 Å². The van der Waals surface area contributed by atoms with Crippen molar-refractivity contribution in [3.05, 3.63) is 23.8 Å². The van der Waals surface area contributed by atoms with E-state index >= 15 is 0 Å². The molecule has 0 fully saturated rings. The maximum Gasteiger partial charge on any atom is 0.106 e. The van der Waals surface area contributed by atoms with Gasteiger partial charge in [-0.2, -0.15) is 17.7 Å². The Labute approximate surface area is 96.7 Å². The number of carbonyl (C=O) groups excluding carboxylic acids is 4. The first kappa shape index (κ1) is 23.0. The molecule has 0 heterocycles. The second-order valence-corrected chi connectivity index (χ2v) is 1.36. The first-order chi connectivity index (χ1) is 6.43. The second-order valence-electron chi connectivity index (χ2n) is 1.36. The summed E-state index contributed by atoms with van der Waals surface area (Å²) in [7, 11) is 0. The standard InChI is InChI=1S/C6H5O.3CH2O.Re/c7-5-6-3-1-2-4-6;3*1-2;/h1,3,5H,2H2;3*1H2;/q-1;;;;. The maximum absolute atomic E-state index is 9.86. The molecule has 0 amide bonds. The molecule has 1 rings (SSSR count). The molecule has 4 nitrogen and oxygen atoms in total. The summed E-state index contributed by atoms with van der Waals surface area (Å²) < 4.78 is 0. The van der Waals surface area contributed by atoms with Crippen LogP contribution < -0.4 is 0 Å². The van der Waals surface area contributed by atoms with Gasteiger partial charge in [-0.25, -0.2) is 0 Å². The molecule has 0 atom stereocenters. The molecule has 1 aliphatic rings. The Morgan fingerprint density at radius 3 is 1.71 bits per heavy atom. The topological polar surface area (TPSA) is 68.3 Å². The van der Waals surface area contributed by atoms with Gasteiger partial charge in [0.25, 0.3) is 0 Å². The molecule has 14 heavy (non-hydrogen) atoms. The van der Waals surface area contributed by atoms with Crippen molar-refractivity contribution in [3.63, 3.8) is 0 Å². The van der Waals surface area contributed by atoms with Crippen LogP contribution in [0.3, 0.4) is 0 Å². The molecule has 5 heteroatoms. The first-order valence-corrected chi connectivity index (χ1v) is 3.02. The van der Waals surface area contributed by atoms with Gasteiger partial charge in [0, 0.05) is 26.7 Å². The van der Waals surface area contributed by atoms with Crippen molar-refractivity contribution in [1.82, 2.24) is 0 Å². The van der Waals surface area contributed by atoms with E-state index in [1.54, 1.807) is 6.08 Å². The minimum absolute atomic E-state index is 0. The molecule has 0 unspecified atom stereocenters. The van der Waals surface area contributed by atoms with Crippen molar-refractivity contribution < 1.29 is 39.6 Å². The minimum atomic E-state index is 0. The quantitative estimate of drug-likeness (QED) is 0.493. The van der Waals surface area contributed by atoms with Crippen LogP contribution in [0.15, 0.2) is 17.7 Å². The largest absolute Gasteiger partial charge is 0.374 e. The number of aldehydes is 1. The van der Waals surface area contributed by atoms with Crippen LogP contribution in [0, 0.1) is 6.08 Å². The van der Waals surface area contributed by atoms with Gasteiger partial charge >= 0.3 is 0 Å². The molecule has 0 aromatic rings. The third-order valence-corrected chi connectivity index (χ3v) is 0.848. The van der Waals surface area contributed by atoms with Crippen molar-refractivity contribution in [2.75, 3.05) is 0 Å². The van der Waals surface area contributed by atoms with Gasteiger partial charge in [-0.05, 0) is 0 Å². The molecule has 0 aliphatic heterocycles. The Morgan fingerprint density at radius 2 is 1.57 bits per heavy atom. The SMILES string of the molecule is C=O.C=O.C=O.O=CC1=[C-]CC=C1.[Re]. The number of allylic oxidation sites excluding steroid dienone is 4. The Kier molecular flexibility index (Phi) is 48.9. The van der Waals surface area contributed by atoms with Crippen molar-refractivity contribution >= 4 is 26.7 Å². The minimum Gasteiger partial charge on any atom is -0.374 e. The van der Waals surface area contributed by atoms with E-state index in [-0.39, 0.29) is 20.4 Å². The zero-order chi connectivity index (χ0) is 11.1. The number of hydrogen-bond donors (Lipinski definition) is 0. The van der Waals surface area contributed by atoms with E-state index in [0.29, 0.717) is 5.57 Å². The third kappa shape index (κ3) is 17.1. The normalized spacial score (nSPS) is 9.29. The zero-order valence-electron chi connectivity index (χ0n) is 7.57. The monoisotopic (exact) mass is 370 g/mol. The maximum atomic E-state index is 9.86. The predicted molar refractivity (Wildman–Crippen MR) is 47.9 cm³/mol. The molecule has 1 radical (unpaired) electrons. The van der Waals surface area contributed by atoms with E-state index in [1.807, 2.05) is 26.4 Å². The summed E-state index contributed by atoms with van der Waals surface area (Å²) in [4.78, 5) is 33.9. The van der Waals surface area contributed by atoms with Gasteiger partial charge in [-0.1, -0.05) is 6.42 Å². The van der Waals surface area contributed by atoms with Crippen LogP contribution in [-0.2, 0) is 39.6 Å². The fraction of sp³-hybridized carbons (Fsp3) is 0.111. The summed E-state index contributed by atoms with van der Waals surface area (Å²) in [5.41, 5.74) is 0.681. The van der Waals surface area contributed by atoms with E-state index in [0.717, 1.165) is 12.7 Å². The summed E-state index contributed by atoms with van der Waals surface area (Å²) in [6.45, 7) is 6.00. The summed E-state index contributed by atoms with van der Waals surface area (Å²) in [5, 5.41) is 0. The van der Waals surface area contributed by atoms with Crippen LogP contribution in [0.1, 0.15) is 6.42 Å². The zero-order valence-corrected chi connectivity index (χ0v) is 10.3. The van der Waals surface area contributed by atoms with Crippen LogP contribution in [0.25, 0.3) is 0 Å². The smallest absolute Gasteiger partial charge is 0.106 e. The van der Waals surface area contributed by atoms with Crippen LogP contribution >= 0.6 is 0 Å². The second kappa shape index (κ2) is 29.7. The van der Waals surface area contributed by atoms with Crippen LogP contribution in [-0.4, -0.2) is 26.7 Å². The summed E-state index contributed by atoms with van der Waals surface area (Å²) in [6.07, 6.45) is 8.13. The average Bonchev–Trinajstić information content (AvgIpc) is 2.79. The van der Waals surface area contributed by atoms with E-state index in [1.165, 1.54) is 0 Å². The summed E-state index contributed by atoms with van der Waals surface area (Å²) >= 11 is 0. The van der Waals surface area contributed by atoms with Crippen molar-refractivity contribution in [2.45, 2.75) is 6.42 Å². The van der Waals surface area contributed by atoms with E-state index < -0.39 is 0 Å². The molecule has 0 bridgehead atoms. The van der Waals surface area contributed by atoms with Crippen LogP contribution in [0.4, 0.5) is 0 Å². The number of rotatable bonds is 1. The Balaban J connectivity index is -0.0000000625. The average molecular weight is 369 g/mol. The van der Waals surface area contributed by atoms with Crippen molar-refractivity contribution in [3.8, 4) is 0 Å². The number of carbonyl (C=O) groups is 4. The van der Waals surface area contributed by atoms with Crippen LogP contribution in [0.2, 0.25) is 0 Å². The van der Waals surface area contributed by atoms with E-state index in [2.05, 4.69) is 6.08 Å². The van der Waals surface area contributed by atoms with Gasteiger partial charge in [0.2, 0.25) is 0 Å². The van der Waals surface area contributed by atoms with Crippen molar-refractivity contribution in [2.24, 2.45) is 0 Å². The summed E-state index contributed by atoms with van der Waals surface area (Å²) in [6, 6.07) is 0. The number of hydrogen-bond acceptors (Lipinski definition) is 4. The van der Waals surface area contributed by atoms with Gasteiger partial charge in [-0.15, -0.1) is 6.08 Å². The van der Waals surface area contributed by atoms with Gasteiger partial charge in [0.05, 0.1) is 0 Å². The van der Waals surface area contributed by atoms with E-state index in [9.17, 15) is 4.79 Å². The Morgan fingerprint density at radius 1 is 1.14 bits per heavy atom. The fourth-order valence-electron chi connectivity index (χ4n) is 0.503. The van der Waals surface area contributed by atoms with Gasteiger partial charge < -0.3 is 19.2 Å². The molecular weight excluding hydrogens is 358 g/mol. The molecule has 0 aromatic heterocycles. The molecule has 0 aromatic carbocycles. The van der Waals surface area contributed by atoms with Gasteiger partial charge in [-0.3, -0.25) is 0 Å². The summed E-state index contributed by atoms with van der Waals surface area (Å²) in [5.74, 6) is 0. The molecule has 0 saturated carbocycles. The third-order valence-electron chi connectivity index (χ3n) is 0.848.